The van der Waals surface area contributed by atoms with Gasteiger partial charge in [0.05, 0.1) is 0 Å². The number of hydrogen-bond donors (Lipinski definition) is 2. The molecule has 0 rings (SSSR count). The van der Waals surface area contributed by atoms with Crippen LogP contribution in [0.25, 0.3) is 0 Å². The van der Waals surface area contributed by atoms with Gasteiger partial charge in [-0.15, -0.1) is 13.2 Å². The van der Waals surface area contributed by atoms with Crippen LogP contribution in [-0.4, -0.2) is 11.0 Å². The smallest absolute Gasteiger partial charge is 0.106 e. The molecule has 0 unspecified atom stereocenters. The Hall–Kier alpha value is -0.420. The molecule has 10 N–H and O–H groups in total. The van der Waals surface area contributed by atoms with E-state index in [0.29, 0.717) is 0 Å². The fourth-order valence-corrected chi connectivity index (χ4v) is 0. The van der Waals surface area contributed by atoms with E-state index in [1.807, 2.05) is 0 Å². The molecule has 6 heavy (non-hydrogen) atoms. The Morgan fingerprint density at radius 1 is 0.667 bits per heavy atom. The minimum Gasteiger partial charge on any atom is -0.870 e. The second kappa shape index (κ2) is 333. The van der Waals surface area contributed by atoms with E-state index < -0.39 is 0 Å². The average molecular weight is 98.1 g/mol. The van der Waals surface area contributed by atoms with Crippen LogP contribution in [0, 0.1) is 0 Å². The summed E-state index contributed by atoms with van der Waals surface area (Å²) < 4.78 is 0. The maximum atomic E-state index is 3.00. The normalized spacial score (nSPS) is 0.667. The SMILES string of the molecule is C=C.[NH4+].[NH4+].[OH-].[OH-]. The highest BCUT2D eigenvalue weighted by Crippen LogP contribution is 0.862. The lowest BCUT2D eigenvalue weighted by Gasteiger charge is -0.871. The van der Waals surface area contributed by atoms with Crippen molar-refractivity contribution in [2.24, 2.45) is 0 Å². The standard InChI is InChI=1S/C2H4.2H3N.2H2O/c1-2;;;;/h1-2H2;2*1H3;2*1H2. The van der Waals surface area contributed by atoms with E-state index >= 15 is 0 Å². The molecule has 0 fully saturated rings. The highest BCUT2D eigenvalue weighted by Gasteiger charge is 0.601. The molecule has 0 aliphatic heterocycles. The van der Waals surface area contributed by atoms with Gasteiger partial charge in [0.2, 0.25) is 0 Å². The zero-order valence-corrected chi connectivity index (χ0v) is 4.31. The van der Waals surface area contributed by atoms with Gasteiger partial charge < -0.3 is 23.3 Å². The van der Waals surface area contributed by atoms with Crippen molar-refractivity contribution in [2.75, 3.05) is 0 Å². The Labute approximate surface area is 37.6 Å². The van der Waals surface area contributed by atoms with E-state index in [9.17, 15) is 0 Å². The van der Waals surface area contributed by atoms with E-state index in [1.165, 1.54) is 0 Å². The van der Waals surface area contributed by atoms with E-state index in [2.05, 4.69) is 13.2 Å². The fraction of sp³-hybridized carbons (Fsp3) is 0. The molecule has 4 heteroatoms. The summed E-state index contributed by atoms with van der Waals surface area (Å²) in [6.45, 7) is 6.00. The predicted molar refractivity (Wildman–Crippen MR) is 27.1 cm³/mol. The van der Waals surface area contributed by atoms with E-state index in [-0.39, 0.29) is 23.3 Å². The van der Waals surface area contributed by atoms with Crippen molar-refractivity contribution in [3.05, 3.63) is 13.2 Å². The van der Waals surface area contributed by atoms with Crippen molar-refractivity contribution in [3.63, 3.8) is 0 Å². The second-order valence-electron chi connectivity index (χ2n) is 0. The summed E-state index contributed by atoms with van der Waals surface area (Å²) in [5.41, 5.74) is 0. The van der Waals surface area contributed by atoms with Crippen molar-refractivity contribution in [1.82, 2.24) is 12.3 Å². The van der Waals surface area contributed by atoms with E-state index in [4.69, 9.17) is 0 Å². The molecule has 0 radical (unpaired) electrons. The summed E-state index contributed by atoms with van der Waals surface area (Å²) in [5, 5.41) is 0. The molecule has 0 bridgehead atoms. The minimum atomic E-state index is 0. The van der Waals surface area contributed by atoms with Gasteiger partial charge in [0.25, 0.3) is 0 Å². The second-order valence-corrected chi connectivity index (χ2v) is 0. The molecule has 4 nitrogen and oxygen atoms in total. The molecule has 0 atom stereocenters. The average Bonchev–Trinajstić information content (AvgIpc) is 1.00. The Bertz CT molecular complexity index is 9.51. The van der Waals surface area contributed by atoms with Gasteiger partial charge in [-0.2, -0.15) is 0 Å². The monoisotopic (exact) mass is 98.1 g/mol. The molecule has 0 aromatic carbocycles. The first kappa shape index (κ1) is 348. The van der Waals surface area contributed by atoms with Crippen LogP contribution in [0.4, 0.5) is 0 Å². The number of rotatable bonds is 0. The van der Waals surface area contributed by atoms with Crippen LogP contribution in [0.3, 0.4) is 0 Å². The lowest BCUT2D eigenvalue weighted by Crippen LogP contribution is -0.552. The molecule has 0 amide bonds. The van der Waals surface area contributed by atoms with Crippen LogP contribution in [0.2, 0.25) is 0 Å². The first-order valence-corrected chi connectivity index (χ1v) is 0.500. The molecule has 0 aromatic heterocycles. The van der Waals surface area contributed by atoms with Gasteiger partial charge in [-0.25, -0.2) is 0 Å². The van der Waals surface area contributed by atoms with Crippen molar-refractivity contribution < 1.29 is 11.0 Å². The quantitative estimate of drug-likeness (QED) is 0.440. The topological polar surface area (TPSA) is 133 Å². The van der Waals surface area contributed by atoms with Crippen LogP contribution >= 0.6 is 0 Å². The van der Waals surface area contributed by atoms with E-state index in [0.717, 1.165) is 0 Å². The number of hydrogen-bond acceptors (Lipinski definition) is 2. The van der Waals surface area contributed by atoms with Gasteiger partial charge in [-0.1, -0.05) is 0 Å². The summed E-state index contributed by atoms with van der Waals surface area (Å²) in [4.78, 5) is 0. The first-order chi connectivity index (χ1) is 1.00. The van der Waals surface area contributed by atoms with Gasteiger partial charge in [0.15, 0.2) is 0 Å². The van der Waals surface area contributed by atoms with Crippen LogP contribution in [0.15, 0.2) is 13.2 Å². The summed E-state index contributed by atoms with van der Waals surface area (Å²) in [6.07, 6.45) is 0. The third kappa shape index (κ3) is 135. The highest BCUT2D eigenvalue weighted by atomic mass is 16.0. The van der Waals surface area contributed by atoms with Crippen LogP contribution < -0.4 is 12.3 Å². The molecular weight excluding hydrogens is 84.0 g/mol. The molecule has 44 valence electrons. The van der Waals surface area contributed by atoms with Crippen LogP contribution in [0.5, 0.6) is 0 Å². The molecule has 0 aliphatic carbocycles. The molecular formula is C2H14N2O2. The lowest BCUT2D eigenvalue weighted by atomic mass is 11.3. The summed E-state index contributed by atoms with van der Waals surface area (Å²) in [5.74, 6) is 0. The molecule has 0 aliphatic rings. The first-order valence-electron chi connectivity index (χ1n) is 0.500. The molecule has 0 aromatic rings. The van der Waals surface area contributed by atoms with Gasteiger partial charge in [0.1, 0.15) is 0 Å². The highest BCUT2D eigenvalue weighted by molar-refractivity contribution is 4.22. The third-order valence-corrected chi connectivity index (χ3v) is 0. The maximum Gasteiger partial charge on any atom is -0.106 e. The lowest BCUT2D eigenvalue weighted by molar-refractivity contribution is 0.823. The van der Waals surface area contributed by atoms with Crippen molar-refractivity contribution >= 4 is 0 Å². The maximum absolute atomic E-state index is 3.00. The summed E-state index contributed by atoms with van der Waals surface area (Å²) in [7, 11) is 0. The summed E-state index contributed by atoms with van der Waals surface area (Å²) in [6, 6.07) is 0. The van der Waals surface area contributed by atoms with Gasteiger partial charge >= 0.3 is 0 Å². The molecule has 0 saturated heterocycles. The molecule has 0 spiro atoms. The van der Waals surface area contributed by atoms with Gasteiger partial charge in [-0.3, -0.25) is 0 Å². The zero-order valence-electron chi connectivity index (χ0n) is 4.31. The largest absolute Gasteiger partial charge is 0.870 e. The molecule has 0 saturated carbocycles. The van der Waals surface area contributed by atoms with Crippen molar-refractivity contribution in [3.8, 4) is 0 Å². The predicted octanol–water partition coefficient (Wildman–Crippen LogP) is 1.20. The Morgan fingerprint density at radius 2 is 0.667 bits per heavy atom. The Morgan fingerprint density at radius 3 is 0.667 bits per heavy atom. The van der Waals surface area contributed by atoms with Crippen molar-refractivity contribution in [2.45, 2.75) is 0 Å². The third-order valence-electron chi connectivity index (χ3n) is 0. The van der Waals surface area contributed by atoms with Crippen LogP contribution in [-0.2, 0) is 0 Å². The Balaban J connectivity index is -0.000000000833. The zero-order chi connectivity index (χ0) is 2.00. The Kier molecular flexibility index (Phi) is 19300. The molecule has 0 heterocycles. The van der Waals surface area contributed by atoms with Gasteiger partial charge in [0, 0.05) is 0 Å². The minimum absolute atomic E-state index is 0. The number of quaternary nitrogens is 2. The van der Waals surface area contributed by atoms with Crippen molar-refractivity contribution in [1.29, 1.82) is 0 Å². The fourth-order valence-electron chi connectivity index (χ4n) is 0. The van der Waals surface area contributed by atoms with E-state index in [1.54, 1.807) is 0 Å². The van der Waals surface area contributed by atoms with Gasteiger partial charge in [-0.05, 0) is 0 Å². The van der Waals surface area contributed by atoms with Crippen LogP contribution in [0.1, 0.15) is 0 Å². The summed E-state index contributed by atoms with van der Waals surface area (Å²) >= 11 is 0.